The molecule has 0 aliphatic heterocycles. The van der Waals surface area contributed by atoms with Crippen molar-refractivity contribution in [3.8, 4) is 0 Å². The first kappa shape index (κ1) is 25.0. The van der Waals surface area contributed by atoms with Gasteiger partial charge < -0.3 is 20.4 Å². The summed E-state index contributed by atoms with van der Waals surface area (Å²) in [6, 6.07) is 19.2. The number of hydrogen-bond donors (Lipinski definition) is 6. The molecular formula is C19H24O6S2. The van der Waals surface area contributed by atoms with Crippen LogP contribution in [0.15, 0.2) is 60.7 Å². The van der Waals surface area contributed by atoms with E-state index >= 15 is 0 Å². The minimum atomic E-state index is -0.881. The number of aliphatic hydroxyl groups excluding tert-OH is 2. The van der Waals surface area contributed by atoms with Crippen LogP contribution in [0, 0.1) is 0 Å². The van der Waals surface area contributed by atoms with E-state index < -0.39 is 17.4 Å². The van der Waals surface area contributed by atoms with E-state index in [1.54, 1.807) is 0 Å². The third kappa shape index (κ3) is 8.96. The zero-order chi connectivity index (χ0) is 20.7. The van der Waals surface area contributed by atoms with Crippen LogP contribution in [0.5, 0.6) is 0 Å². The van der Waals surface area contributed by atoms with Crippen LogP contribution in [0.2, 0.25) is 0 Å². The summed E-state index contributed by atoms with van der Waals surface area (Å²) in [4.78, 5) is 18.6. The Morgan fingerprint density at radius 2 is 0.963 bits per heavy atom. The zero-order valence-corrected chi connectivity index (χ0v) is 16.4. The van der Waals surface area contributed by atoms with E-state index in [2.05, 4.69) is 25.3 Å². The highest BCUT2D eigenvalue weighted by Crippen LogP contribution is 2.31. The number of aliphatic carboxylic acids is 2. The largest absolute Gasteiger partial charge is 0.481 e. The van der Waals surface area contributed by atoms with Crippen LogP contribution in [0.4, 0.5) is 0 Å². The molecule has 0 fully saturated rings. The van der Waals surface area contributed by atoms with E-state index in [-0.39, 0.29) is 24.7 Å². The van der Waals surface area contributed by atoms with E-state index in [4.69, 9.17) is 10.2 Å². The van der Waals surface area contributed by atoms with Crippen molar-refractivity contribution in [2.75, 3.05) is 24.7 Å². The molecule has 0 heterocycles. The Balaban J connectivity index is 0.000000563. The zero-order valence-electron chi connectivity index (χ0n) is 14.6. The van der Waals surface area contributed by atoms with Crippen LogP contribution in [0.3, 0.4) is 0 Å². The second-order valence-corrected chi connectivity index (χ2v) is 5.87. The lowest BCUT2D eigenvalue weighted by Crippen LogP contribution is -2.36. The fourth-order valence-electron chi connectivity index (χ4n) is 2.10. The van der Waals surface area contributed by atoms with Crippen molar-refractivity contribution in [3.05, 3.63) is 71.8 Å². The molecule has 0 saturated heterocycles. The number of carboxylic acid groups (broad SMARTS) is 2. The highest BCUT2D eigenvalue weighted by Gasteiger charge is 2.32. The second kappa shape index (κ2) is 14.1. The number of benzene rings is 2. The summed E-state index contributed by atoms with van der Waals surface area (Å²) in [6.07, 6.45) is 0. The first-order valence-electron chi connectivity index (χ1n) is 7.86. The van der Waals surface area contributed by atoms with Crippen LogP contribution >= 0.6 is 25.3 Å². The van der Waals surface area contributed by atoms with Gasteiger partial charge in [-0.1, -0.05) is 60.7 Å². The number of hydrogen-bond acceptors (Lipinski definition) is 6. The van der Waals surface area contributed by atoms with Gasteiger partial charge >= 0.3 is 11.9 Å². The van der Waals surface area contributed by atoms with Crippen molar-refractivity contribution in [1.29, 1.82) is 0 Å². The first-order chi connectivity index (χ1) is 12.9. The third-order valence-electron chi connectivity index (χ3n) is 3.46. The maximum absolute atomic E-state index is 9.72. The van der Waals surface area contributed by atoms with Gasteiger partial charge in [-0.3, -0.25) is 9.59 Å². The van der Waals surface area contributed by atoms with Gasteiger partial charge in [-0.15, -0.1) is 0 Å². The molecule has 0 aliphatic carbocycles. The summed E-state index contributed by atoms with van der Waals surface area (Å²) in [5.41, 5.74) is 1.13. The average Bonchev–Trinajstić information content (AvgIpc) is 2.72. The molecule has 0 aromatic heterocycles. The Hall–Kier alpha value is -2.00. The molecule has 0 spiro atoms. The summed E-state index contributed by atoms with van der Waals surface area (Å²) in [5, 5.41) is 34.7. The average molecular weight is 413 g/mol. The molecule has 2 aromatic carbocycles. The molecule has 0 saturated carbocycles. The Bertz CT molecular complexity index is 605. The summed E-state index contributed by atoms with van der Waals surface area (Å²) in [5.74, 6) is -1.93. The van der Waals surface area contributed by atoms with Crippen molar-refractivity contribution in [2.45, 2.75) is 5.41 Å². The van der Waals surface area contributed by atoms with Crippen molar-refractivity contribution < 1.29 is 30.0 Å². The Kier molecular flexibility index (Phi) is 13.1. The minimum Gasteiger partial charge on any atom is -0.481 e. The van der Waals surface area contributed by atoms with Crippen molar-refractivity contribution in [3.63, 3.8) is 0 Å². The molecule has 2 rings (SSSR count). The lowest BCUT2D eigenvalue weighted by molar-refractivity contribution is -0.134. The van der Waals surface area contributed by atoms with Gasteiger partial charge in [-0.05, 0) is 11.1 Å². The SMILES string of the molecule is O=C(O)CS.O=C(O)CS.OCC(CO)(c1ccccc1)c1ccccc1. The minimum absolute atomic E-state index is 0.0833. The molecule has 0 unspecified atom stereocenters. The maximum atomic E-state index is 9.72. The van der Waals surface area contributed by atoms with E-state index in [0.717, 1.165) is 11.1 Å². The van der Waals surface area contributed by atoms with Crippen molar-refractivity contribution in [2.24, 2.45) is 0 Å². The Morgan fingerprint density at radius 3 is 1.15 bits per heavy atom. The summed E-state index contributed by atoms with van der Waals surface area (Å²) < 4.78 is 0. The van der Waals surface area contributed by atoms with Gasteiger partial charge in [0.15, 0.2) is 0 Å². The van der Waals surface area contributed by atoms with Gasteiger partial charge in [0, 0.05) is 0 Å². The number of carbonyl (C=O) groups is 2. The highest BCUT2D eigenvalue weighted by molar-refractivity contribution is 7.81. The predicted molar refractivity (Wildman–Crippen MR) is 111 cm³/mol. The molecule has 148 valence electrons. The third-order valence-corrected chi connectivity index (χ3v) is 4.00. The maximum Gasteiger partial charge on any atom is 0.313 e. The van der Waals surface area contributed by atoms with Crippen LogP contribution in [-0.2, 0) is 15.0 Å². The fourth-order valence-corrected chi connectivity index (χ4v) is 2.10. The van der Waals surface area contributed by atoms with E-state index in [1.807, 2.05) is 60.7 Å². The topological polar surface area (TPSA) is 115 Å². The Morgan fingerprint density at radius 1 is 0.704 bits per heavy atom. The molecule has 2 aromatic rings. The summed E-state index contributed by atoms with van der Waals surface area (Å²) >= 11 is 6.83. The van der Waals surface area contributed by atoms with Crippen LogP contribution < -0.4 is 0 Å². The number of thiol groups is 2. The van der Waals surface area contributed by atoms with Gasteiger partial charge in [0.1, 0.15) is 0 Å². The number of carboxylic acids is 2. The van der Waals surface area contributed by atoms with Crippen LogP contribution in [0.25, 0.3) is 0 Å². The number of aliphatic hydroxyl groups is 2. The predicted octanol–water partition coefficient (Wildman–Crippen LogP) is 1.96. The van der Waals surface area contributed by atoms with E-state index in [9.17, 15) is 19.8 Å². The summed E-state index contributed by atoms with van der Waals surface area (Å²) in [7, 11) is 0. The van der Waals surface area contributed by atoms with E-state index in [1.165, 1.54) is 0 Å². The molecule has 0 amide bonds. The quantitative estimate of drug-likeness (QED) is 0.404. The molecule has 8 heteroatoms. The number of rotatable bonds is 6. The normalized spacial score (nSPS) is 9.93. The smallest absolute Gasteiger partial charge is 0.313 e. The monoisotopic (exact) mass is 412 g/mol. The van der Waals surface area contributed by atoms with Crippen molar-refractivity contribution in [1.82, 2.24) is 0 Å². The first-order valence-corrected chi connectivity index (χ1v) is 9.12. The molecular weight excluding hydrogens is 388 g/mol. The fraction of sp³-hybridized carbons (Fsp3) is 0.263. The summed E-state index contributed by atoms with van der Waals surface area (Å²) in [6.45, 7) is -0.227. The van der Waals surface area contributed by atoms with Gasteiger partial charge in [-0.2, -0.15) is 25.3 Å². The van der Waals surface area contributed by atoms with E-state index in [0.29, 0.717) is 0 Å². The standard InChI is InChI=1S/C15H16O2.2C2H4O2S/c16-11-15(12-17,13-7-3-1-4-8-13)14-9-5-2-6-10-14;2*3-2(4)1-5/h1-10,16-17H,11-12H2;2*5H,1H2,(H,3,4). The molecule has 0 bridgehead atoms. The van der Waals surface area contributed by atoms with Gasteiger partial charge in [-0.25, -0.2) is 0 Å². The molecule has 4 N–H and O–H groups in total. The molecule has 0 radical (unpaired) electrons. The van der Waals surface area contributed by atoms with Crippen molar-refractivity contribution >= 4 is 37.2 Å². The van der Waals surface area contributed by atoms with Crippen LogP contribution in [-0.4, -0.2) is 57.1 Å². The second-order valence-electron chi connectivity index (χ2n) is 5.23. The molecule has 0 atom stereocenters. The van der Waals surface area contributed by atoms with Gasteiger partial charge in [0.05, 0.1) is 30.1 Å². The lowest BCUT2D eigenvalue weighted by Gasteiger charge is -2.31. The molecule has 0 aliphatic rings. The highest BCUT2D eigenvalue weighted by atomic mass is 32.1. The Labute approximate surface area is 169 Å². The lowest BCUT2D eigenvalue weighted by atomic mass is 9.76. The van der Waals surface area contributed by atoms with Gasteiger partial charge in [0.25, 0.3) is 0 Å². The van der Waals surface area contributed by atoms with Crippen LogP contribution in [0.1, 0.15) is 11.1 Å². The molecule has 6 nitrogen and oxygen atoms in total. The van der Waals surface area contributed by atoms with Gasteiger partial charge in [0.2, 0.25) is 0 Å². The molecule has 27 heavy (non-hydrogen) atoms.